The molecule has 0 saturated carbocycles. The van der Waals surface area contributed by atoms with Crippen LogP contribution in [0.15, 0.2) is 42.5 Å². The number of ether oxygens (including phenoxy) is 1. The molecule has 2 aromatic carbocycles. The highest BCUT2D eigenvalue weighted by atomic mass is 19.1. The molecule has 1 N–H and O–H groups in total. The largest absolute Gasteiger partial charge is 0.495 e. The molecule has 0 radical (unpaired) electrons. The first-order valence-electron chi connectivity index (χ1n) is 7.04. The van der Waals surface area contributed by atoms with Crippen LogP contribution in [0.3, 0.4) is 0 Å². The van der Waals surface area contributed by atoms with Gasteiger partial charge in [-0.2, -0.15) is 0 Å². The smallest absolute Gasteiger partial charge is 0.221 e. The SMILES string of the molecule is COc1ccc(C(=O)/C=C\c2c(F)cccc2F)cc1NC(C)=O. The predicted octanol–water partition coefficient (Wildman–Crippen LogP) is 3.83. The van der Waals surface area contributed by atoms with Crippen molar-refractivity contribution in [2.45, 2.75) is 6.92 Å². The van der Waals surface area contributed by atoms with Gasteiger partial charge in [-0.25, -0.2) is 8.78 Å². The van der Waals surface area contributed by atoms with Crippen molar-refractivity contribution in [3.63, 3.8) is 0 Å². The summed E-state index contributed by atoms with van der Waals surface area (Å²) in [5, 5.41) is 2.55. The minimum absolute atomic E-state index is 0.243. The average molecular weight is 331 g/mol. The number of nitrogens with one attached hydrogen (secondary N) is 1. The van der Waals surface area contributed by atoms with E-state index in [-0.39, 0.29) is 17.0 Å². The van der Waals surface area contributed by atoms with Crippen molar-refractivity contribution in [2.75, 3.05) is 12.4 Å². The molecule has 0 aliphatic heterocycles. The number of hydrogen-bond donors (Lipinski definition) is 1. The summed E-state index contributed by atoms with van der Waals surface area (Å²) >= 11 is 0. The Kier molecular flexibility index (Phi) is 5.42. The van der Waals surface area contributed by atoms with Gasteiger partial charge in [-0.15, -0.1) is 0 Å². The topological polar surface area (TPSA) is 55.4 Å². The maximum Gasteiger partial charge on any atom is 0.221 e. The number of benzene rings is 2. The molecule has 0 aliphatic carbocycles. The van der Waals surface area contributed by atoms with Gasteiger partial charge in [0.1, 0.15) is 17.4 Å². The zero-order valence-electron chi connectivity index (χ0n) is 13.1. The summed E-state index contributed by atoms with van der Waals surface area (Å²) < 4.78 is 32.2. The summed E-state index contributed by atoms with van der Waals surface area (Å²) in [6, 6.07) is 7.91. The molecule has 0 fully saturated rings. The molecule has 0 atom stereocenters. The fraction of sp³-hybridized carbons (Fsp3) is 0.111. The van der Waals surface area contributed by atoms with E-state index in [9.17, 15) is 18.4 Å². The fourth-order valence-corrected chi connectivity index (χ4v) is 2.07. The third-order valence-electron chi connectivity index (χ3n) is 3.20. The van der Waals surface area contributed by atoms with Crippen LogP contribution in [0, 0.1) is 11.6 Å². The van der Waals surface area contributed by atoms with E-state index in [1.54, 1.807) is 0 Å². The van der Waals surface area contributed by atoms with Crippen molar-refractivity contribution in [1.82, 2.24) is 0 Å². The maximum atomic E-state index is 13.5. The van der Waals surface area contributed by atoms with E-state index >= 15 is 0 Å². The van der Waals surface area contributed by atoms with Crippen LogP contribution in [0.2, 0.25) is 0 Å². The average Bonchev–Trinajstić information content (AvgIpc) is 2.53. The molecule has 4 nitrogen and oxygen atoms in total. The van der Waals surface area contributed by atoms with Crippen molar-refractivity contribution < 1.29 is 23.1 Å². The van der Waals surface area contributed by atoms with E-state index in [0.717, 1.165) is 24.3 Å². The minimum Gasteiger partial charge on any atom is -0.495 e. The highest BCUT2D eigenvalue weighted by molar-refractivity contribution is 6.08. The van der Waals surface area contributed by atoms with Crippen molar-refractivity contribution in [2.24, 2.45) is 0 Å². The van der Waals surface area contributed by atoms with Gasteiger partial charge in [0.05, 0.1) is 12.8 Å². The third kappa shape index (κ3) is 4.04. The fourth-order valence-electron chi connectivity index (χ4n) is 2.07. The number of hydrogen-bond acceptors (Lipinski definition) is 3. The Morgan fingerprint density at radius 2 is 1.79 bits per heavy atom. The first-order valence-corrected chi connectivity index (χ1v) is 7.04. The number of rotatable bonds is 5. The highest BCUT2D eigenvalue weighted by Crippen LogP contribution is 2.26. The number of anilines is 1. The zero-order chi connectivity index (χ0) is 17.7. The molecule has 6 heteroatoms. The molecule has 0 heterocycles. The van der Waals surface area contributed by atoms with E-state index in [4.69, 9.17) is 4.74 Å². The number of carbonyl (C=O) groups excluding carboxylic acids is 2. The molecule has 0 saturated heterocycles. The van der Waals surface area contributed by atoms with Crippen LogP contribution in [0.25, 0.3) is 6.08 Å². The standard InChI is InChI=1S/C18H15F2NO3/c1-11(22)21-16-10-12(6-9-18(16)24-2)17(23)8-7-13-14(19)4-3-5-15(13)20/h3-10H,1-2H3,(H,21,22)/b8-7-. The van der Waals surface area contributed by atoms with Crippen LogP contribution in [0.1, 0.15) is 22.8 Å². The number of halogens is 2. The van der Waals surface area contributed by atoms with Crippen molar-refractivity contribution in [1.29, 1.82) is 0 Å². The number of methoxy groups -OCH3 is 1. The first-order chi connectivity index (χ1) is 11.4. The summed E-state index contributed by atoms with van der Waals surface area (Å²) in [5.41, 5.74) is 0.287. The van der Waals surface area contributed by atoms with Gasteiger partial charge >= 0.3 is 0 Å². The Labute approximate surface area is 137 Å². The van der Waals surface area contributed by atoms with Gasteiger partial charge in [-0.05, 0) is 42.5 Å². The third-order valence-corrected chi connectivity index (χ3v) is 3.20. The van der Waals surface area contributed by atoms with E-state index < -0.39 is 17.4 Å². The van der Waals surface area contributed by atoms with Crippen LogP contribution in [-0.4, -0.2) is 18.8 Å². The summed E-state index contributed by atoms with van der Waals surface area (Å²) in [5.74, 6) is -1.90. The molecular weight excluding hydrogens is 316 g/mol. The van der Waals surface area contributed by atoms with Crippen LogP contribution >= 0.6 is 0 Å². The molecular formula is C18H15F2NO3. The van der Waals surface area contributed by atoms with Gasteiger partial charge in [-0.3, -0.25) is 9.59 Å². The van der Waals surface area contributed by atoms with E-state index in [1.165, 1.54) is 38.3 Å². The second kappa shape index (κ2) is 7.50. The molecule has 0 unspecified atom stereocenters. The normalized spacial score (nSPS) is 10.7. The van der Waals surface area contributed by atoms with E-state index in [1.807, 2.05) is 0 Å². The Bertz CT molecular complexity index is 796. The first kappa shape index (κ1) is 17.3. The van der Waals surface area contributed by atoms with Gasteiger partial charge in [0.15, 0.2) is 5.78 Å². The van der Waals surface area contributed by atoms with Crippen molar-refractivity contribution in [3.8, 4) is 5.75 Å². The van der Waals surface area contributed by atoms with Gasteiger partial charge in [-0.1, -0.05) is 6.07 Å². The van der Waals surface area contributed by atoms with Gasteiger partial charge in [0.2, 0.25) is 5.91 Å². The summed E-state index contributed by atoms with van der Waals surface area (Å²) in [6.07, 6.45) is 2.15. The van der Waals surface area contributed by atoms with Crippen molar-refractivity contribution >= 4 is 23.5 Å². The van der Waals surface area contributed by atoms with Crippen LogP contribution in [0.5, 0.6) is 5.75 Å². The molecule has 124 valence electrons. The van der Waals surface area contributed by atoms with Crippen LogP contribution < -0.4 is 10.1 Å². The predicted molar refractivity (Wildman–Crippen MR) is 87.0 cm³/mol. The monoisotopic (exact) mass is 331 g/mol. The number of amides is 1. The summed E-state index contributed by atoms with van der Waals surface area (Å²) in [7, 11) is 1.43. The maximum absolute atomic E-state index is 13.5. The Morgan fingerprint density at radius 1 is 1.12 bits per heavy atom. The number of carbonyl (C=O) groups is 2. The summed E-state index contributed by atoms with van der Waals surface area (Å²) in [6.45, 7) is 1.33. The van der Waals surface area contributed by atoms with Gasteiger partial charge in [0, 0.05) is 18.1 Å². The molecule has 0 aliphatic rings. The molecule has 1 amide bonds. The van der Waals surface area contributed by atoms with Gasteiger partial charge < -0.3 is 10.1 Å². The lowest BCUT2D eigenvalue weighted by Gasteiger charge is -2.09. The summed E-state index contributed by atoms with van der Waals surface area (Å²) in [4.78, 5) is 23.4. The quantitative estimate of drug-likeness (QED) is 0.669. The lowest BCUT2D eigenvalue weighted by molar-refractivity contribution is -0.114. The van der Waals surface area contributed by atoms with E-state index in [0.29, 0.717) is 11.4 Å². The molecule has 2 rings (SSSR count). The Morgan fingerprint density at radius 3 is 2.38 bits per heavy atom. The highest BCUT2D eigenvalue weighted by Gasteiger charge is 2.10. The molecule has 24 heavy (non-hydrogen) atoms. The Hall–Kier alpha value is -3.02. The molecule has 0 aromatic heterocycles. The number of allylic oxidation sites excluding steroid dienone is 1. The van der Waals surface area contributed by atoms with Crippen LogP contribution in [-0.2, 0) is 4.79 Å². The lowest BCUT2D eigenvalue weighted by atomic mass is 10.1. The van der Waals surface area contributed by atoms with Crippen molar-refractivity contribution in [3.05, 3.63) is 65.2 Å². The van der Waals surface area contributed by atoms with Gasteiger partial charge in [0.25, 0.3) is 0 Å². The molecule has 0 spiro atoms. The Balaban J connectivity index is 2.29. The lowest BCUT2D eigenvalue weighted by Crippen LogP contribution is -2.08. The van der Waals surface area contributed by atoms with Crippen LogP contribution in [0.4, 0.5) is 14.5 Å². The number of ketones is 1. The molecule has 2 aromatic rings. The molecule has 0 bridgehead atoms. The minimum atomic E-state index is -0.757. The second-order valence-corrected chi connectivity index (χ2v) is 4.93. The zero-order valence-corrected chi connectivity index (χ0v) is 13.1. The van der Waals surface area contributed by atoms with E-state index in [2.05, 4.69) is 5.32 Å². The second-order valence-electron chi connectivity index (χ2n) is 4.93.